The number of halogens is 1. The summed E-state index contributed by atoms with van der Waals surface area (Å²) in [5.41, 5.74) is 2.52. The van der Waals surface area contributed by atoms with Gasteiger partial charge in [-0.3, -0.25) is 4.79 Å². The molecule has 1 atom stereocenters. The second-order valence-electron chi connectivity index (χ2n) is 5.72. The number of thioether (sulfide) groups is 1. The van der Waals surface area contributed by atoms with E-state index in [4.69, 9.17) is 17.4 Å². The summed E-state index contributed by atoms with van der Waals surface area (Å²) in [5, 5.41) is 11.6. The molecule has 0 fully saturated rings. The van der Waals surface area contributed by atoms with E-state index in [1.165, 1.54) is 16.4 Å². The van der Waals surface area contributed by atoms with Crippen LogP contribution in [0.2, 0.25) is 5.02 Å². The van der Waals surface area contributed by atoms with Crippen LogP contribution in [0.25, 0.3) is 11.4 Å². The van der Waals surface area contributed by atoms with Gasteiger partial charge in [0.25, 0.3) is 0 Å². The molecule has 0 saturated heterocycles. The molecular weight excluding hydrogens is 370 g/mol. The molecule has 3 N–H and O–H groups in total. The maximum Gasteiger partial charge on any atom is 0.237 e. The van der Waals surface area contributed by atoms with Gasteiger partial charge in [-0.15, -0.1) is 10.2 Å². The van der Waals surface area contributed by atoms with Gasteiger partial charge in [0.1, 0.15) is 0 Å². The molecule has 0 unspecified atom stereocenters. The van der Waals surface area contributed by atoms with Crippen molar-refractivity contribution in [3.8, 4) is 11.4 Å². The highest BCUT2D eigenvalue weighted by Gasteiger charge is 2.21. The van der Waals surface area contributed by atoms with Crippen LogP contribution >= 0.6 is 23.4 Å². The lowest BCUT2D eigenvalue weighted by Crippen LogP contribution is -2.23. The van der Waals surface area contributed by atoms with Crippen LogP contribution in [0.4, 0.5) is 5.69 Å². The highest BCUT2D eigenvalue weighted by Crippen LogP contribution is 2.27. The van der Waals surface area contributed by atoms with Gasteiger partial charge < -0.3 is 11.2 Å². The van der Waals surface area contributed by atoms with Gasteiger partial charge in [0.15, 0.2) is 5.82 Å². The summed E-state index contributed by atoms with van der Waals surface area (Å²) >= 11 is 7.31. The number of carbonyl (C=O) groups is 1. The van der Waals surface area contributed by atoms with Crippen molar-refractivity contribution in [3.05, 3.63) is 59.1 Å². The minimum Gasteiger partial charge on any atom is -0.335 e. The molecule has 2 aromatic carbocycles. The maximum atomic E-state index is 12.4. The number of hydrogen-bond acceptors (Lipinski definition) is 5. The fraction of sp³-hybridized carbons (Fsp3) is 0.167. The van der Waals surface area contributed by atoms with Gasteiger partial charge in [-0.2, -0.15) is 0 Å². The van der Waals surface area contributed by atoms with Crippen molar-refractivity contribution in [1.29, 1.82) is 0 Å². The van der Waals surface area contributed by atoms with Crippen LogP contribution in [0.3, 0.4) is 0 Å². The number of hydrogen-bond donors (Lipinski definition) is 2. The molecule has 0 aliphatic carbocycles. The Kier molecular flexibility index (Phi) is 5.49. The summed E-state index contributed by atoms with van der Waals surface area (Å²) in [4.78, 5) is 12.4. The first-order valence-electron chi connectivity index (χ1n) is 7.96. The van der Waals surface area contributed by atoms with Gasteiger partial charge in [-0.25, -0.2) is 4.68 Å². The summed E-state index contributed by atoms with van der Waals surface area (Å²) in [6.45, 7) is 3.76. The Balaban J connectivity index is 1.74. The molecule has 0 aliphatic rings. The third-order valence-corrected chi connectivity index (χ3v) is 5.22. The zero-order valence-corrected chi connectivity index (χ0v) is 15.9. The predicted molar refractivity (Wildman–Crippen MR) is 106 cm³/mol. The Morgan fingerprint density at radius 1 is 1.19 bits per heavy atom. The number of nitrogen functional groups attached to an aromatic ring is 1. The van der Waals surface area contributed by atoms with Crippen molar-refractivity contribution in [2.24, 2.45) is 0 Å². The van der Waals surface area contributed by atoms with Crippen LogP contribution in [0, 0.1) is 6.92 Å². The van der Waals surface area contributed by atoms with E-state index in [1.807, 2.05) is 37.3 Å². The number of nitrogens with two attached hydrogens (primary N) is 1. The van der Waals surface area contributed by atoms with Crippen molar-refractivity contribution < 1.29 is 4.79 Å². The molecule has 0 aliphatic heterocycles. The topological polar surface area (TPSA) is 85.8 Å². The minimum atomic E-state index is -0.428. The van der Waals surface area contributed by atoms with Gasteiger partial charge in [-0.1, -0.05) is 59.8 Å². The molecule has 6 nitrogen and oxygen atoms in total. The smallest absolute Gasteiger partial charge is 0.237 e. The second-order valence-corrected chi connectivity index (χ2v) is 7.44. The highest BCUT2D eigenvalue weighted by atomic mass is 35.5. The normalized spacial score (nSPS) is 12.0. The van der Waals surface area contributed by atoms with E-state index < -0.39 is 5.25 Å². The van der Waals surface area contributed by atoms with Crippen LogP contribution in [-0.4, -0.2) is 26.0 Å². The first-order valence-corrected chi connectivity index (χ1v) is 9.21. The summed E-state index contributed by atoms with van der Waals surface area (Å²) in [6.07, 6.45) is 0. The zero-order chi connectivity index (χ0) is 18.7. The number of aryl methyl sites for hydroxylation is 1. The SMILES string of the molecule is Cc1ccccc1-c1nnc(S[C@@H](C)C(=O)Nc2ccccc2Cl)n1N. The number of rotatable bonds is 5. The number of amides is 1. The lowest BCUT2D eigenvalue weighted by atomic mass is 10.1. The Hall–Kier alpha value is -2.51. The summed E-state index contributed by atoms with van der Waals surface area (Å²) in [7, 11) is 0. The standard InChI is InChI=1S/C18H18ClN5OS/c1-11-7-3-4-8-13(11)16-22-23-18(24(16)20)26-12(2)17(25)21-15-10-6-5-9-14(15)19/h3-10,12H,20H2,1-2H3,(H,21,25)/t12-/m0/s1. The number of aromatic nitrogens is 3. The van der Waals surface area contributed by atoms with E-state index in [0.29, 0.717) is 21.7 Å². The monoisotopic (exact) mass is 387 g/mol. The van der Waals surface area contributed by atoms with E-state index in [9.17, 15) is 4.79 Å². The third-order valence-electron chi connectivity index (χ3n) is 3.83. The molecule has 0 saturated carbocycles. The Morgan fingerprint density at radius 2 is 1.88 bits per heavy atom. The molecule has 3 rings (SSSR count). The van der Waals surface area contributed by atoms with E-state index in [0.717, 1.165) is 11.1 Å². The molecule has 1 heterocycles. The van der Waals surface area contributed by atoms with E-state index in [-0.39, 0.29) is 5.91 Å². The van der Waals surface area contributed by atoms with Crippen molar-refractivity contribution >= 4 is 35.0 Å². The zero-order valence-electron chi connectivity index (χ0n) is 14.3. The summed E-state index contributed by atoms with van der Waals surface area (Å²) in [5.74, 6) is 6.52. The molecule has 1 aromatic heterocycles. The van der Waals surface area contributed by atoms with Crippen molar-refractivity contribution in [2.45, 2.75) is 24.3 Å². The fourth-order valence-electron chi connectivity index (χ4n) is 2.37. The van der Waals surface area contributed by atoms with E-state index in [2.05, 4.69) is 15.5 Å². The van der Waals surface area contributed by atoms with Crippen LogP contribution < -0.4 is 11.2 Å². The number of anilines is 1. The van der Waals surface area contributed by atoms with E-state index >= 15 is 0 Å². The van der Waals surface area contributed by atoms with Crippen molar-refractivity contribution in [3.63, 3.8) is 0 Å². The van der Waals surface area contributed by atoms with Gasteiger partial charge in [0.2, 0.25) is 11.1 Å². The largest absolute Gasteiger partial charge is 0.335 e. The van der Waals surface area contributed by atoms with Crippen LogP contribution in [-0.2, 0) is 4.79 Å². The van der Waals surface area contributed by atoms with Crippen molar-refractivity contribution in [1.82, 2.24) is 14.9 Å². The number of para-hydroxylation sites is 1. The van der Waals surface area contributed by atoms with Gasteiger partial charge >= 0.3 is 0 Å². The van der Waals surface area contributed by atoms with Crippen molar-refractivity contribution in [2.75, 3.05) is 11.2 Å². The lowest BCUT2D eigenvalue weighted by molar-refractivity contribution is -0.115. The molecule has 134 valence electrons. The number of nitrogens with zero attached hydrogens (tertiary/aromatic N) is 3. The van der Waals surface area contributed by atoms with E-state index in [1.54, 1.807) is 25.1 Å². The Bertz CT molecular complexity index is 943. The molecule has 3 aromatic rings. The van der Waals surface area contributed by atoms with Gasteiger partial charge in [-0.05, 0) is 31.5 Å². The fourth-order valence-corrected chi connectivity index (χ4v) is 3.33. The van der Waals surface area contributed by atoms with Crippen LogP contribution in [0.15, 0.2) is 53.7 Å². The maximum absolute atomic E-state index is 12.4. The molecule has 0 radical (unpaired) electrons. The summed E-state index contributed by atoms with van der Waals surface area (Å²) < 4.78 is 1.41. The van der Waals surface area contributed by atoms with Crippen LogP contribution in [0.1, 0.15) is 12.5 Å². The molecule has 0 spiro atoms. The summed E-state index contributed by atoms with van der Waals surface area (Å²) in [6, 6.07) is 14.9. The van der Waals surface area contributed by atoms with Crippen LogP contribution in [0.5, 0.6) is 0 Å². The lowest BCUT2D eigenvalue weighted by Gasteiger charge is -2.12. The first kappa shape index (κ1) is 18.3. The Labute approximate surface area is 160 Å². The average Bonchev–Trinajstić information content (AvgIpc) is 2.98. The molecule has 1 amide bonds. The average molecular weight is 388 g/mol. The highest BCUT2D eigenvalue weighted by molar-refractivity contribution is 8.00. The van der Waals surface area contributed by atoms with Gasteiger partial charge in [0.05, 0.1) is 16.0 Å². The molecule has 8 heteroatoms. The quantitative estimate of drug-likeness (QED) is 0.514. The number of carbonyl (C=O) groups excluding carboxylic acids is 1. The minimum absolute atomic E-state index is 0.191. The molecule has 0 bridgehead atoms. The molecule has 26 heavy (non-hydrogen) atoms. The number of nitrogens with one attached hydrogen (secondary N) is 1. The van der Waals surface area contributed by atoms with Gasteiger partial charge in [0, 0.05) is 5.56 Å². The molecular formula is C18H18ClN5OS. The second kappa shape index (κ2) is 7.80. The third kappa shape index (κ3) is 3.84. The predicted octanol–water partition coefficient (Wildman–Crippen LogP) is 3.74. The number of benzene rings is 2. The Morgan fingerprint density at radius 3 is 2.62 bits per heavy atom. The first-order chi connectivity index (χ1) is 12.5.